The predicted octanol–water partition coefficient (Wildman–Crippen LogP) is 5.77. The number of ether oxygens (including phenoxy) is 1. The van der Waals surface area contributed by atoms with Crippen LogP contribution in [0, 0.1) is 23.7 Å². The fourth-order valence-corrected chi connectivity index (χ4v) is 11.7. The number of fused-ring (bicyclic) bond motifs is 1. The van der Waals surface area contributed by atoms with Crippen molar-refractivity contribution in [2.75, 3.05) is 45.9 Å². The molecule has 3 saturated carbocycles. The van der Waals surface area contributed by atoms with Crippen LogP contribution in [0.1, 0.15) is 135 Å². The van der Waals surface area contributed by atoms with Crippen LogP contribution < -0.4 is 10.6 Å². The number of halogens is 2. The first-order valence-electron chi connectivity index (χ1n) is 22.4. The van der Waals surface area contributed by atoms with E-state index in [2.05, 4.69) is 27.4 Å². The number of piperazine rings is 1. The molecular formula is C43H69F2N5O5. The van der Waals surface area contributed by atoms with Crippen molar-refractivity contribution in [3.63, 3.8) is 0 Å². The van der Waals surface area contributed by atoms with Crippen molar-refractivity contribution in [2.45, 2.75) is 172 Å². The van der Waals surface area contributed by atoms with Crippen LogP contribution in [0.25, 0.3) is 0 Å². The lowest BCUT2D eigenvalue weighted by molar-refractivity contribution is -0.144. The summed E-state index contributed by atoms with van der Waals surface area (Å²) in [5.41, 5.74) is 3.42. The zero-order chi connectivity index (χ0) is 38.5. The molecule has 4 heterocycles. The van der Waals surface area contributed by atoms with Crippen molar-refractivity contribution in [1.29, 1.82) is 0 Å². The number of amides is 3. The third-order valence-electron chi connectivity index (χ3n) is 14.7. The lowest BCUT2D eigenvalue weighted by Gasteiger charge is -2.43. The Morgan fingerprint density at radius 2 is 1.53 bits per heavy atom. The number of likely N-dealkylation sites (tertiary alicyclic amines) is 1. The molecule has 7 rings (SSSR count). The molecule has 3 aliphatic carbocycles. The highest BCUT2D eigenvalue weighted by molar-refractivity contribution is 6.02. The molecule has 0 radical (unpaired) electrons. The number of nitrogens with zero attached hydrogens (tertiary/aromatic N) is 3. The van der Waals surface area contributed by atoms with E-state index < -0.39 is 18.6 Å². The minimum atomic E-state index is -2.83. The highest BCUT2D eigenvalue weighted by Crippen LogP contribution is 2.46. The number of alkyl halides is 2. The number of carbonyl (C=O) groups is 3. The van der Waals surface area contributed by atoms with E-state index in [0.29, 0.717) is 43.7 Å². The maximum Gasteiger partial charge on any atom is 0.271 e. The molecule has 4 unspecified atom stereocenters. The Balaban J connectivity index is 0.808. The summed E-state index contributed by atoms with van der Waals surface area (Å²) in [5, 5.41) is 16.3. The molecule has 12 heteroatoms. The molecule has 0 spiro atoms. The van der Waals surface area contributed by atoms with E-state index in [1.54, 1.807) is 16.0 Å². The van der Waals surface area contributed by atoms with Gasteiger partial charge in [-0.3, -0.25) is 29.9 Å². The van der Waals surface area contributed by atoms with E-state index in [1.165, 1.54) is 32.1 Å². The molecular weight excluding hydrogens is 704 g/mol. The molecule has 55 heavy (non-hydrogen) atoms. The van der Waals surface area contributed by atoms with Crippen molar-refractivity contribution < 1.29 is 33.0 Å². The van der Waals surface area contributed by atoms with E-state index >= 15 is 8.78 Å². The van der Waals surface area contributed by atoms with E-state index in [1.807, 2.05) is 0 Å². The first-order chi connectivity index (χ1) is 26.6. The van der Waals surface area contributed by atoms with Gasteiger partial charge in [-0.25, -0.2) is 8.78 Å². The standard InChI is InChI=1S/C43H69F2N5O5/c1-2-34(29-7-4-3-5-8-29)40(30-9-13-32(51)14-10-30)31-11-15-33(16-12-31)55-28-43(44,45)21-6-22-48-23-25-49(26-24-48)38-19-17-35-36(46-38)27-50(42(35)54)37-18-20-39(52)47-41(37)53/h29-33,35-38,46,51H,2-28H2,1H3,(H,47,52,53)/b40-34-. The molecule has 4 saturated heterocycles. The van der Waals surface area contributed by atoms with Crippen LogP contribution in [-0.4, -0.2) is 120 Å². The van der Waals surface area contributed by atoms with Crippen molar-refractivity contribution in [1.82, 2.24) is 25.3 Å². The topological polar surface area (TPSA) is 114 Å². The summed E-state index contributed by atoms with van der Waals surface area (Å²) >= 11 is 0. The van der Waals surface area contributed by atoms with Crippen molar-refractivity contribution in [3.05, 3.63) is 11.1 Å². The molecule has 7 aliphatic rings. The van der Waals surface area contributed by atoms with Gasteiger partial charge >= 0.3 is 0 Å². The van der Waals surface area contributed by atoms with Gasteiger partial charge in [-0.15, -0.1) is 0 Å². The minimum Gasteiger partial charge on any atom is -0.393 e. The maximum absolute atomic E-state index is 15.1. The van der Waals surface area contributed by atoms with Gasteiger partial charge in [0.25, 0.3) is 5.92 Å². The van der Waals surface area contributed by atoms with Crippen LogP contribution in [0.4, 0.5) is 8.78 Å². The van der Waals surface area contributed by atoms with E-state index in [9.17, 15) is 19.5 Å². The highest BCUT2D eigenvalue weighted by atomic mass is 19.3. The monoisotopic (exact) mass is 774 g/mol. The van der Waals surface area contributed by atoms with Gasteiger partial charge < -0.3 is 19.6 Å². The van der Waals surface area contributed by atoms with Crippen LogP contribution in [0.5, 0.6) is 0 Å². The van der Waals surface area contributed by atoms with Gasteiger partial charge in [0.05, 0.1) is 24.3 Å². The third kappa shape index (κ3) is 10.2. The van der Waals surface area contributed by atoms with Gasteiger partial charge in [-0.05, 0) is 121 Å². The summed E-state index contributed by atoms with van der Waals surface area (Å²) in [4.78, 5) is 43.6. The van der Waals surface area contributed by atoms with Gasteiger partial charge in [0.1, 0.15) is 12.6 Å². The Morgan fingerprint density at radius 1 is 0.836 bits per heavy atom. The SMILES string of the molecule is CC/C(=C(\C1CCC(O)CC1)C1CCC(OCC(F)(F)CCCN2CCN(C3CCC4C(=O)N(C5CCC(=O)NC5=O)CC4N3)CC2)CC1)C1CCCCC1. The molecule has 0 aromatic heterocycles. The number of imide groups is 1. The van der Waals surface area contributed by atoms with Gasteiger partial charge in [-0.1, -0.05) is 37.3 Å². The molecule has 4 atom stereocenters. The van der Waals surface area contributed by atoms with E-state index in [0.717, 1.165) is 96.8 Å². The lowest BCUT2D eigenvalue weighted by Crippen LogP contribution is -2.60. The number of aliphatic hydroxyl groups excluding tert-OH is 1. The number of hydrogen-bond acceptors (Lipinski definition) is 8. The van der Waals surface area contributed by atoms with Crippen LogP contribution in [0.15, 0.2) is 11.1 Å². The Morgan fingerprint density at radius 3 is 2.20 bits per heavy atom. The molecule has 4 aliphatic heterocycles. The smallest absolute Gasteiger partial charge is 0.271 e. The number of nitrogens with one attached hydrogen (secondary N) is 2. The number of carbonyl (C=O) groups excluding carboxylic acids is 3. The molecule has 310 valence electrons. The summed E-state index contributed by atoms with van der Waals surface area (Å²) in [6.07, 6.45) is 18.0. The average molecular weight is 774 g/mol. The van der Waals surface area contributed by atoms with Gasteiger partial charge in [0, 0.05) is 51.6 Å². The Labute approximate surface area is 327 Å². The summed E-state index contributed by atoms with van der Waals surface area (Å²) in [7, 11) is 0. The second-order valence-electron chi connectivity index (χ2n) is 18.2. The molecule has 0 aromatic rings. The third-order valence-corrected chi connectivity index (χ3v) is 14.7. The van der Waals surface area contributed by atoms with E-state index in [-0.39, 0.29) is 60.9 Å². The van der Waals surface area contributed by atoms with Crippen LogP contribution in [0.3, 0.4) is 0 Å². The summed E-state index contributed by atoms with van der Waals surface area (Å²) in [6.45, 7) is 6.35. The van der Waals surface area contributed by atoms with Crippen LogP contribution in [0.2, 0.25) is 0 Å². The summed E-state index contributed by atoms with van der Waals surface area (Å²) < 4.78 is 36.2. The Kier molecular flexibility index (Phi) is 14.0. The average Bonchev–Trinajstić information content (AvgIpc) is 3.52. The first-order valence-corrected chi connectivity index (χ1v) is 22.4. The number of aliphatic hydroxyl groups is 1. The number of rotatable bonds is 13. The Bertz CT molecular complexity index is 1350. The second-order valence-corrected chi connectivity index (χ2v) is 18.2. The van der Waals surface area contributed by atoms with E-state index in [4.69, 9.17) is 4.74 Å². The van der Waals surface area contributed by atoms with Crippen molar-refractivity contribution >= 4 is 17.7 Å². The predicted molar refractivity (Wildman–Crippen MR) is 207 cm³/mol. The number of piperidine rings is 2. The van der Waals surface area contributed by atoms with Crippen LogP contribution in [-0.2, 0) is 19.1 Å². The van der Waals surface area contributed by atoms with Gasteiger partial charge in [-0.2, -0.15) is 0 Å². The largest absolute Gasteiger partial charge is 0.393 e. The summed E-state index contributed by atoms with van der Waals surface area (Å²) in [6, 6.07) is -0.580. The van der Waals surface area contributed by atoms with Crippen molar-refractivity contribution in [2.24, 2.45) is 23.7 Å². The normalized spacial score (nSPS) is 35.4. The summed E-state index contributed by atoms with van der Waals surface area (Å²) in [5.74, 6) is -1.78. The number of hydrogen-bond donors (Lipinski definition) is 3. The molecule has 0 bridgehead atoms. The van der Waals surface area contributed by atoms with Gasteiger partial charge in [0.2, 0.25) is 17.7 Å². The molecule has 3 N–H and O–H groups in total. The Hall–Kier alpha value is -1.99. The fraction of sp³-hybridized carbons (Fsp3) is 0.884. The molecule has 0 aromatic carbocycles. The van der Waals surface area contributed by atoms with Crippen molar-refractivity contribution in [3.8, 4) is 0 Å². The van der Waals surface area contributed by atoms with Crippen LogP contribution >= 0.6 is 0 Å². The zero-order valence-electron chi connectivity index (χ0n) is 33.5. The number of allylic oxidation sites excluding steroid dienone is 2. The minimum absolute atomic E-state index is 0.0129. The highest BCUT2D eigenvalue weighted by Gasteiger charge is 2.49. The van der Waals surface area contributed by atoms with Gasteiger partial charge in [0.15, 0.2) is 0 Å². The molecule has 3 amide bonds. The lowest BCUT2D eigenvalue weighted by atomic mass is 9.68. The maximum atomic E-state index is 15.1. The zero-order valence-corrected chi connectivity index (χ0v) is 33.5. The molecule has 10 nitrogen and oxygen atoms in total. The fourth-order valence-electron chi connectivity index (χ4n) is 11.7. The quantitative estimate of drug-likeness (QED) is 0.160. The second kappa shape index (κ2) is 18.7. The first kappa shape index (κ1) is 41.2. The molecule has 7 fully saturated rings.